The summed E-state index contributed by atoms with van der Waals surface area (Å²) in [6, 6.07) is 17.2. The Morgan fingerprint density at radius 3 is 2.27 bits per heavy atom. The van der Waals surface area contributed by atoms with E-state index in [1.54, 1.807) is 42.5 Å². The third kappa shape index (κ3) is 3.55. The molecule has 0 aliphatic rings. The van der Waals surface area contributed by atoms with Gasteiger partial charge in [0.15, 0.2) is 0 Å². The van der Waals surface area contributed by atoms with E-state index in [1.807, 2.05) is 0 Å². The van der Waals surface area contributed by atoms with E-state index in [0.29, 0.717) is 17.2 Å². The Kier molecular flexibility index (Phi) is 4.68. The molecular weight excluding hydrogens is 361 g/mol. The highest BCUT2D eigenvalue weighted by atomic mass is 32.2. The van der Waals surface area contributed by atoms with E-state index in [-0.39, 0.29) is 4.90 Å². The van der Waals surface area contributed by atoms with Gasteiger partial charge in [-0.1, -0.05) is 48.5 Å². The maximum absolute atomic E-state index is 13.4. The van der Waals surface area contributed by atoms with Crippen molar-refractivity contribution in [2.45, 2.75) is 4.90 Å². The fourth-order valence-electron chi connectivity index (χ4n) is 2.41. The highest BCUT2D eigenvalue weighted by Crippen LogP contribution is 2.33. The molecule has 0 bridgehead atoms. The molecule has 0 N–H and O–H groups in total. The average Bonchev–Trinajstić information content (AvgIpc) is 2.62. The molecule has 0 saturated heterocycles. The monoisotopic (exact) mass is 373 g/mol. The second-order valence-corrected chi connectivity index (χ2v) is 6.78. The lowest BCUT2D eigenvalue weighted by Gasteiger charge is -2.11. The van der Waals surface area contributed by atoms with Crippen molar-refractivity contribution in [1.82, 2.24) is 0 Å². The van der Waals surface area contributed by atoms with Gasteiger partial charge in [0.1, 0.15) is 10.7 Å². The summed E-state index contributed by atoms with van der Waals surface area (Å²) in [5.74, 6) is -1.53. The molecule has 0 unspecified atom stereocenters. The van der Waals surface area contributed by atoms with E-state index in [2.05, 4.69) is 0 Å². The van der Waals surface area contributed by atoms with Gasteiger partial charge in [0.2, 0.25) is 5.75 Å². The lowest BCUT2D eigenvalue weighted by Crippen LogP contribution is -2.12. The summed E-state index contributed by atoms with van der Waals surface area (Å²) in [5, 5.41) is 11.1. The fourth-order valence-corrected chi connectivity index (χ4v) is 3.57. The molecule has 8 heteroatoms. The summed E-state index contributed by atoms with van der Waals surface area (Å²) in [6.07, 6.45) is 0. The van der Waals surface area contributed by atoms with Crippen molar-refractivity contribution in [2.24, 2.45) is 0 Å². The van der Waals surface area contributed by atoms with Gasteiger partial charge in [-0.25, -0.2) is 4.39 Å². The Balaban J connectivity index is 2.09. The van der Waals surface area contributed by atoms with Gasteiger partial charge in [-0.15, -0.1) is 0 Å². The smallest absolute Gasteiger partial charge is 0.340 e. The van der Waals surface area contributed by atoms with Crippen LogP contribution in [0.15, 0.2) is 77.7 Å². The van der Waals surface area contributed by atoms with Crippen LogP contribution in [0.1, 0.15) is 0 Å². The lowest BCUT2D eigenvalue weighted by molar-refractivity contribution is -0.385. The predicted molar refractivity (Wildman–Crippen MR) is 92.7 cm³/mol. The Hall–Kier alpha value is -3.26. The van der Waals surface area contributed by atoms with Crippen molar-refractivity contribution in [3.63, 3.8) is 0 Å². The molecule has 3 rings (SSSR count). The molecule has 0 saturated carbocycles. The van der Waals surface area contributed by atoms with E-state index in [4.69, 9.17) is 4.18 Å². The number of halogens is 1. The molecule has 0 radical (unpaired) electrons. The maximum atomic E-state index is 13.4. The summed E-state index contributed by atoms with van der Waals surface area (Å²) in [4.78, 5) is 10.0. The summed E-state index contributed by atoms with van der Waals surface area (Å²) >= 11 is 0. The number of nitro benzene ring substituents is 1. The predicted octanol–water partition coefficient (Wildman–Crippen LogP) is 4.17. The second kappa shape index (κ2) is 6.93. The molecule has 3 aromatic carbocycles. The largest absolute Gasteiger partial charge is 0.371 e. The van der Waals surface area contributed by atoms with Crippen LogP contribution in [0.5, 0.6) is 5.75 Å². The average molecular weight is 373 g/mol. The first kappa shape index (κ1) is 17.6. The fraction of sp³-hybridized carbons (Fsp3) is 0. The summed E-state index contributed by atoms with van der Waals surface area (Å²) in [5.41, 5.74) is 0.350. The van der Waals surface area contributed by atoms with Crippen LogP contribution in [0.25, 0.3) is 11.1 Å². The summed E-state index contributed by atoms with van der Waals surface area (Å²) in [6.45, 7) is 0. The zero-order chi connectivity index (χ0) is 18.7. The molecule has 132 valence electrons. The van der Waals surface area contributed by atoms with Crippen molar-refractivity contribution in [1.29, 1.82) is 0 Å². The first-order chi connectivity index (χ1) is 12.4. The van der Waals surface area contributed by atoms with Crippen LogP contribution < -0.4 is 4.18 Å². The Morgan fingerprint density at radius 1 is 0.923 bits per heavy atom. The zero-order valence-corrected chi connectivity index (χ0v) is 14.0. The van der Waals surface area contributed by atoms with Crippen molar-refractivity contribution in [3.8, 4) is 16.9 Å². The Labute approximate surface area is 148 Å². The minimum Gasteiger partial charge on any atom is -0.371 e. The normalized spacial score (nSPS) is 11.1. The van der Waals surface area contributed by atoms with Gasteiger partial charge in [0.05, 0.1) is 4.92 Å². The van der Waals surface area contributed by atoms with Gasteiger partial charge < -0.3 is 4.18 Å². The van der Waals surface area contributed by atoms with E-state index < -0.39 is 32.3 Å². The third-order valence-corrected chi connectivity index (χ3v) is 4.85. The van der Waals surface area contributed by atoms with Crippen LogP contribution >= 0.6 is 0 Å². The quantitative estimate of drug-likeness (QED) is 0.381. The number of hydrogen-bond acceptors (Lipinski definition) is 5. The highest BCUT2D eigenvalue weighted by molar-refractivity contribution is 7.87. The summed E-state index contributed by atoms with van der Waals surface area (Å²) < 4.78 is 43.8. The molecule has 0 amide bonds. The Bertz CT molecular complexity index is 1070. The van der Waals surface area contributed by atoms with Gasteiger partial charge in [0.25, 0.3) is 0 Å². The topological polar surface area (TPSA) is 86.5 Å². The SMILES string of the molecule is O=[N+]([O-])c1ccc(F)cc1OS(=O)(=O)c1ccccc1-c1ccccc1. The maximum Gasteiger partial charge on any atom is 0.340 e. The number of rotatable bonds is 5. The molecule has 26 heavy (non-hydrogen) atoms. The number of nitro groups is 1. The molecule has 0 aliphatic carbocycles. The highest BCUT2D eigenvalue weighted by Gasteiger charge is 2.26. The van der Waals surface area contributed by atoms with Crippen LogP contribution in [0.2, 0.25) is 0 Å². The van der Waals surface area contributed by atoms with Crippen molar-refractivity contribution in [2.75, 3.05) is 0 Å². The van der Waals surface area contributed by atoms with Gasteiger partial charge in [-0.3, -0.25) is 10.1 Å². The van der Waals surface area contributed by atoms with Crippen LogP contribution in [-0.2, 0) is 10.1 Å². The molecule has 0 aliphatic heterocycles. The molecule has 6 nitrogen and oxygen atoms in total. The Morgan fingerprint density at radius 2 is 1.58 bits per heavy atom. The van der Waals surface area contributed by atoms with Crippen LogP contribution in [-0.4, -0.2) is 13.3 Å². The third-order valence-electron chi connectivity index (χ3n) is 3.56. The molecule has 0 heterocycles. The van der Waals surface area contributed by atoms with Crippen molar-refractivity contribution < 1.29 is 21.9 Å². The molecular formula is C18H12FNO5S. The molecule has 0 atom stereocenters. The van der Waals surface area contributed by atoms with E-state index in [9.17, 15) is 22.9 Å². The van der Waals surface area contributed by atoms with E-state index >= 15 is 0 Å². The van der Waals surface area contributed by atoms with Gasteiger partial charge in [-0.2, -0.15) is 8.42 Å². The zero-order valence-electron chi connectivity index (χ0n) is 13.2. The number of nitrogens with zero attached hydrogens (tertiary/aromatic N) is 1. The number of benzene rings is 3. The first-order valence-electron chi connectivity index (χ1n) is 7.41. The van der Waals surface area contributed by atoms with Crippen LogP contribution in [0.4, 0.5) is 10.1 Å². The van der Waals surface area contributed by atoms with E-state index in [1.165, 1.54) is 12.1 Å². The first-order valence-corrected chi connectivity index (χ1v) is 8.82. The summed E-state index contributed by atoms with van der Waals surface area (Å²) in [7, 11) is -4.44. The molecule has 0 spiro atoms. The molecule has 3 aromatic rings. The van der Waals surface area contributed by atoms with Crippen molar-refractivity contribution in [3.05, 3.63) is 88.7 Å². The van der Waals surface area contributed by atoms with Crippen LogP contribution in [0, 0.1) is 15.9 Å². The second-order valence-electron chi connectivity index (χ2n) is 5.27. The minimum atomic E-state index is -4.44. The minimum absolute atomic E-state index is 0.176. The lowest BCUT2D eigenvalue weighted by atomic mass is 10.1. The van der Waals surface area contributed by atoms with E-state index in [0.717, 1.165) is 12.1 Å². The standard InChI is InChI=1S/C18H12FNO5S/c19-14-10-11-16(20(21)22)17(12-14)25-26(23,24)18-9-5-4-8-15(18)13-6-2-1-3-7-13/h1-12H. The van der Waals surface area contributed by atoms with Gasteiger partial charge >= 0.3 is 15.8 Å². The van der Waals surface area contributed by atoms with Gasteiger partial charge in [0, 0.05) is 17.7 Å². The molecule has 0 aromatic heterocycles. The molecule has 0 fully saturated rings. The van der Waals surface area contributed by atoms with Crippen molar-refractivity contribution >= 4 is 15.8 Å². The number of hydrogen-bond donors (Lipinski definition) is 0. The van der Waals surface area contributed by atoms with Gasteiger partial charge in [-0.05, 0) is 17.7 Å². The van der Waals surface area contributed by atoms with Crippen LogP contribution in [0.3, 0.4) is 0 Å².